The SMILES string of the molecule is O=C(Nc1ccccc1)Nc1ccc(CN2CCN(c3cc4c(cc3F)c(=O)c(C(=O)O)cn4C3CC3)CC2)cc1. The van der Waals surface area contributed by atoms with E-state index in [0.717, 1.165) is 38.0 Å². The molecule has 1 aliphatic carbocycles. The fourth-order valence-electron chi connectivity index (χ4n) is 5.32. The van der Waals surface area contributed by atoms with Crippen LogP contribution in [0.3, 0.4) is 0 Å². The maximum Gasteiger partial charge on any atom is 0.341 e. The number of halogens is 1. The number of carboxylic acids is 1. The lowest BCUT2D eigenvalue weighted by Crippen LogP contribution is -2.46. The highest BCUT2D eigenvalue weighted by atomic mass is 19.1. The van der Waals surface area contributed by atoms with Gasteiger partial charge in [-0.3, -0.25) is 9.69 Å². The van der Waals surface area contributed by atoms with Crippen LogP contribution in [0.15, 0.2) is 77.7 Å². The van der Waals surface area contributed by atoms with Gasteiger partial charge >= 0.3 is 12.0 Å². The lowest BCUT2D eigenvalue weighted by molar-refractivity contribution is 0.0694. The van der Waals surface area contributed by atoms with Crippen LogP contribution in [-0.4, -0.2) is 52.8 Å². The Kier molecular flexibility index (Phi) is 7.15. The van der Waals surface area contributed by atoms with Crippen LogP contribution in [0.2, 0.25) is 0 Å². The fourth-order valence-corrected chi connectivity index (χ4v) is 5.32. The smallest absolute Gasteiger partial charge is 0.341 e. The number of carbonyl (C=O) groups excluding carboxylic acids is 1. The van der Waals surface area contributed by atoms with Gasteiger partial charge in [-0.25, -0.2) is 14.0 Å². The molecule has 1 aromatic heterocycles. The van der Waals surface area contributed by atoms with Crippen LogP contribution >= 0.6 is 0 Å². The summed E-state index contributed by atoms with van der Waals surface area (Å²) in [5, 5.41) is 15.2. The number of pyridine rings is 1. The van der Waals surface area contributed by atoms with E-state index in [9.17, 15) is 19.5 Å². The highest BCUT2D eigenvalue weighted by molar-refractivity contribution is 5.99. The Morgan fingerprint density at radius 2 is 1.56 bits per heavy atom. The second-order valence-corrected chi connectivity index (χ2v) is 10.5. The minimum absolute atomic E-state index is 0.104. The lowest BCUT2D eigenvalue weighted by Gasteiger charge is -2.36. The van der Waals surface area contributed by atoms with Gasteiger partial charge in [0.05, 0.1) is 11.2 Å². The molecule has 0 bridgehead atoms. The largest absolute Gasteiger partial charge is 0.477 e. The van der Waals surface area contributed by atoms with E-state index in [4.69, 9.17) is 0 Å². The molecule has 2 fully saturated rings. The molecule has 210 valence electrons. The molecule has 1 saturated carbocycles. The average molecular weight is 556 g/mol. The zero-order valence-electron chi connectivity index (χ0n) is 22.3. The second kappa shape index (κ2) is 11.1. The molecular formula is C31H30FN5O4. The molecule has 10 heteroatoms. The Labute approximate surface area is 235 Å². The van der Waals surface area contributed by atoms with Crippen molar-refractivity contribution in [3.63, 3.8) is 0 Å². The van der Waals surface area contributed by atoms with Crippen molar-refractivity contribution in [2.75, 3.05) is 41.7 Å². The number of nitrogens with one attached hydrogen (secondary N) is 2. The Hall–Kier alpha value is -4.70. The van der Waals surface area contributed by atoms with Crippen molar-refractivity contribution in [3.05, 3.63) is 100 Å². The summed E-state index contributed by atoms with van der Waals surface area (Å²) in [6.45, 7) is 3.41. The van der Waals surface area contributed by atoms with Crippen molar-refractivity contribution >= 4 is 40.0 Å². The number of urea groups is 1. The van der Waals surface area contributed by atoms with E-state index in [-0.39, 0.29) is 23.0 Å². The first kappa shape index (κ1) is 26.5. The first-order valence-corrected chi connectivity index (χ1v) is 13.7. The van der Waals surface area contributed by atoms with Gasteiger partial charge in [-0.1, -0.05) is 30.3 Å². The summed E-state index contributed by atoms with van der Waals surface area (Å²) in [5.74, 6) is -1.82. The number of hydrogen-bond donors (Lipinski definition) is 3. The summed E-state index contributed by atoms with van der Waals surface area (Å²) >= 11 is 0. The number of hydrogen-bond acceptors (Lipinski definition) is 5. The van der Waals surface area contributed by atoms with Gasteiger partial charge in [0.2, 0.25) is 5.43 Å². The third-order valence-electron chi connectivity index (χ3n) is 7.63. The summed E-state index contributed by atoms with van der Waals surface area (Å²) in [4.78, 5) is 40.9. The van der Waals surface area contributed by atoms with Gasteiger partial charge in [0.15, 0.2) is 0 Å². The van der Waals surface area contributed by atoms with Crippen LogP contribution in [0, 0.1) is 5.82 Å². The van der Waals surface area contributed by atoms with E-state index in [0.29, 0.717) is 35.7 Å². The molecule has 6 rings (SSSR count). The standard InChI is InChI=1S/C31H30FN5O4/c32-26-16-24-27(37(23-10-11-23)19-25(29(24)38)30(39)40)17-28(26)36-14-12-35(13-15-36)18-20-6-8-22(9-7-20)34-31(41)33-21-4-2-1-3-5-21/h1-9,16-17,19,23H,10-15,18H2,(H,39,40)(H2,33,34,41). The molecule has 0 unspecified atom stereocenters. The summed E-state index contributed by atoms with van der Waals surface area (Å²) < 4.78 is 17.1. The summed E-state index contributed by atoms with van der Waals surface area (Å²) in [6, 6.07) is 19.7. The number of fused-ring (bicyclic) bond motifs is 1. The van der Waals surface area contributed by atoms with E-state index in [1.165, 1.54) is 12.3 Å². The number of carbonyl (C=O) groups is 2. The van der Waals surface area contributed by atoms with Crippen molar-refractivity contribution in [2.24, 2.45) is 0 Å². The van der Waals surface area contributed by atoms with Crippen LogP contribution in [0.5, 0.6) is 0 Å². The maximum absolute atomic E-state index is 15.3. The molecule has 4 aromatic rings. The van der Waals surface area contributed by atoms with E-state index >= 15 is 4.39 Å². The predicted molar refractivity (Wildman–Crippen MR) is 156 cm³/mol. The summed E-state index contributed by atoms with van der Waals surface area (Å²) in [5.41, 5.74) is 2.53. The number of rotatable bonds is 7. The molecule has 2 heterocycles. The van der Waals surface area contributed by atoms with Crippen molar-refractivity contribution < 1.29 is 19.1 Å². The minimum atomic E-state index is -1.30. The molecule has 1 aliphatic heterocycles. The number of aromatic carboxylic acids is 1. The minimum Gasteiger partial charge on any atom is -0.477 e. The molecule has 0 spiro atoms. The van der Waals surface area contributed by atoms with Gasteiger partial charge in [-0.15, -0.1) is 0 Å². The number of carboxylic acid groups (broad SMARTS) is 1. The molecule has 0 radical (unpaired) electrons. The normalized spacial score (nSPS) is 15.6. The third-order valence-corrected chi connectivity index (χ3v) is 7.63. The number of aromatic nitrogens is 1. The molecule has 2 aliphatic rings. The van der Waals surface area contributed by atoms with Gasteiger partial charge in [0.25, 0.3) is 0 Å². The molecular weight excluding hydrogens is 525 g/mol. The Morgan fingerprint density at radius 3 is 2.20 bits per heavy atom. The zero-order chi connectivity index (χ0) is 28.5. The number of para-hydroxylation sites is 1. The Balaban J connectivity index is 1.09. The van der Waals surface area contributed by atoms with Crippen molar-refractivity contribution in [1.29, 1.82) is 0 Å². The topological polar surface area (TPSA) is 107 Å². The zero-order valence-corrected chi connectivity index (χ0v) is 22.3. The highest BCUT2D eigenvalue weighted by Crippen LogP contribution is 2.38. The van der Waals surface area contributed by atoms with E-state index in [1.807, 2.05) is 64.1 Å². The Morgan fingerprint density at radius 1 is 0.902 bits per heavy atom. The van der Waals surface area contributed by atoms with Crippen LogP contribution in [0.25, 0.3) is 10.9 Å². The fraction of sp³-hybridized carbons (Fsp3) is 0.258. The van der Waals surface area contributed by atoms with Crippen LogP contribution < -0.4 is 21.0 Å². The monoisotopic (exact) mass is 555 g/mol. The number of piperazine rings is 1. The molecule has 41 heavy (non-hydrogen) atoms. The van der Waals surface area contributed by atoms with E-state index in [2.05, 4.69) is 15.5 Å². The van der Waals surface area contributed by atoms with Crippen molar-refractivity contribution in [1.82, 2.24) is 9.47 Å². The number of anilines is 3. The molecule has 3 N–H and O–H groups in total. The number of benzene rings is 3. The van der Waals surface area contributed by atoms with Crippen molar-refractivity contribution in [3.8, 4) is 0 Å². The summed E-state index contributed by atoms with van der Waals surface area (Å²) in [7, 11) is 0. The van der Waals surface area contributed by atoms with Gasteiger partial charge in [-0.05, 0) is 54.8 Å². The van der Waals surface area contributed by atoms with Gasteiger partial charge < -0.3 is 25.2 Å². The van der Waals surface area contributed by atoms with Gasteiger partial charge in [0, 0.05) is 61.7 Å². The van der Waals surface area contributed by atoms with Crippen LogP contribution in [0.1, 0.15) is 34.8 Å². The summed E-state index contributed by atoms with van der Waals surface area (Å²) in [6.07, 6.45) is 3.21. The molecule has 3 aromatic carbocycles. The number of nitrogens with zero attached hydrogens (tertiary/aromatic N) is 3. The quantitative estimate of drug-likeness (QED) is 0.292. The van der Waals surface area contributed by atoms with Crippen molar-refractivity contribution in [2.45, 2.75) is 25.4 Å². The lowest BCUT2D eigenvalue weighted by atomic mass is 10.1. The van der Waals surface area contributed by atoms with E-state index < -0.39 is 17.2 Å². The highest BCUT2D eigenvalue weighted by Gasteiger charge is 2.28. The maximum atomic E-state index is 15.3. The first-order chi connectivity index (χ1) is 19.9. The van der Waals surface area contributed by atoms with Crippen LogP contribution in [-0.2, 0) is 6.54 Å². The molecule has 1 saturated heterocycles. The van der Waals surface area contributed by atoms with Crippen LogP contribution in [0.4, 0.5) is 26.2 Å². The average Bonchev–Trinajstić information content (AvgIpc) is 3.81. The molecule has 0 atom stereocenters. The third kappa shape index (κ3) is 5.78. The van der Waals surface area contributed by atoms with Gasteiger partial charge in [-0.2, -0.15) is 0 Å². The van der Waals surface area contributed by atoms with E-state index in [1.54, 1.807) is 6.07 Å². The predicted octanol–water partition coefficient (Wildman–Crippen LogP) is 5.14. The van der Waals surface area contributed by atoms with Gasteiger partial charge in [0.1, 0.15) is 11.4 Å². The molecule has 2 amide bonds. The second-order valence-electron chi connectivity index (χ2n) is 10.5. The Bertz CT molecular complexity index is 1660. The molecule has 9 nitrogen and oxygen atoms in total. The first-order valence-electron chi connectivity index (χ1n) is 13.7. The number of amides is 2.